The van der Waals surface area contributed by atoms with Crippen LogP contribution in [0.15, 0.2) is 72.9 Å². The minimum atomic E-state index is -1.78. The first-order valence-corrected chi connectivity index (χ1v) is 26.5. The van der Waals surface area contributed by atoms with E-state index in [0.29, 0.717) is 19.3 Å². The summed E-state index contributed by atoms with van der Waals surface area (Å²) in [6.07, 6.45) is 32.2. The number of carbonyl (C=O) groups is 2. The first-order chi connectivity index (χ1) is 34.0. The molecule has 0 aromatic carbocycles. The van der Waals surface area contributed by atoms with Crippen molar-refractivity contribution in [3.8, 4) is 0 Å². The Morgan fingerprint density at radius 3 is 1.44 bits per heavy atom. The van der Waals surface area contributed by atoms with Crippen molar-refractivity contribution in [2.24, 2.45) is 0 Å². The topological polar surface area (TPSA) is 231 Å². The van der Waals surface area contributed by atoms with Crippen LogP contribution in [-0.2, 0) is 38.0 Å². The van der Waals surface area contributed by atoms with Gasteiger partial charge in [-0.15, -0.1) is 0 Å². The maximum atomic E-state index is 13.0. The largest absolute Gasteiger partial charge is 0.462 e. The monoisotopic (exact) mass is 993 g/mol. The number of aliphatic hydroxyl groups excluding tert-OH is 7. The van der Waals surface area contributed by atoms with E-state index < -0.39 is 99.3 Å². The van der Waals surface area contributed by atoms with Crippen molar-refractivity contribution in [3.63, 3.8) is 0 Å². The van der Waals surface area contributed by atoms with Gasteiger partial charge in [0.2, 0.25) is 0 Å². The van der Waals surface area contributed by atoms with E-state index in [1.54, 1.807) is 0 Å². The van der Waals surface area contributed by atoms with E-state index >= 15 is 0 Å². The van der Waals surface area contributed by atoms with Gasteiger partial charge in [-0.05, 0) is 77.0 Å². The van der Waals surface area contributed by atoms with Gasteiger partial charge >= 0.3 is 11.9 Å². The van der Waals surface area contributed by atoms with E-state index in [-0.39, 0.29) is 19.4 Å². The van der Waals surface area contributed by atoms with Crippen LogP contribution in [0.2, 0.25) is 0 Å². The van der Waals surface area contributed by atoms with E-state index in [0.717, 1.165) is 57.8 Å². The van der Waals surface area contributed by atoms with E-state index in [2.05, 4.69) is 80.7 Å². The molecule has 0 aromatic rings. The predicted octanol–water partition coefficient (Wildman–Crippen LogP) is 7.82. The Balaban J connectivity index is 1.84. The van der Waals surface area contributed by atoms with Crippen LogP contribution >= 0.6 is 0 Å². The summed E-state index contributed by atoms with van der Waals surface area (Å²) in [5.74, 6) is -1.02. The molecule has 4 unspecified atom stereocenters. The van der Waals surface area contributed by atoms with Gasteiger partial charge in [0.15, 0.2) is 18.7 Å². The van der Waals surface area contributed by atoms with E-state index in [9.17, 15) is 45.3 Å². The molecule has 15 heteroatoms. The third kappa shape index (κ3) is 28.8. The summed E-state index contributed by atoms with van der Waals surface area (Å²) in [6.45, 7) is 2.43. The summed E-state index contributed by atoms with van der Waals surface area (Å²) in [5, 5.41) is 72.1. The zero-order valence-corrected chi connectivity index (χ0v) is 42.5. The summed E-state index contributed by atoms with van der Waals surface area (Å²) in [7, 11) is 0. The highest BCUT2D eigenvalue weighted by Crippen LogP contribution is 2.26. The molecule has 2 aliphatic heterocycles. The Bertz CT molecular complexity index is 1490. The first kappa shape index (κ1) is 63.1. The normalized spacial score (nSPS) is 26.0. The van der Waals surface area contributed by atoms with Gasteiger partial charge in [0.1, 0.15) is 55.4 Å². The maximum Gasteiger partial charge on any atom is 0.306 e. The van der Waals surface area contributed by atoms with Crippen LogP contribution in [0.25, 0.3) is 0 Å². The third-order valence-electron chi connectivity index (χ3n) is 12.1. The molecule has 0 bridgehead atoms. The number of unbranched alkanes of at least 4 members (excludes halogenated alkanes) is 14. The molecule has 2 aliphatic rings. The lowest BCUT2D eigenvalue weighted by molar-refractivity contribution is -0.332. The van der Waals surface area contributed by atoms with Crippen molar-refractivity contribution in [3.05, 3.63) is 72.9 Å². The van der Waals surface area contributed by atoms with E-state index in [1.165, 1.54) is 64.2 Å². The van der Waals surface area contributed by atoms with Crippen LogP contribution < -0.4 is 0 Å². The summed E-state index contributed by atoms with van der Waals surface area (Å²) < 4.78 is 33.5. The van der Waals surface area contributed by atoms with Crippen molar-refractivity contribution < 1.29 is 73.8 Å². The third-order valence-corrected chi connectivity index (χ3v) is 12.1. The van der Waals surface area contributed by atoms with Crippen molar-refractivity contribution in [1.29, 1.82) is 0 Å². The van der Waals surface area contributed by atoms with Crippen LogP contribution in [0.4, 0.5) is 0 Å². The van der Waals surface area contributed by atoms with Crippen molar-refractivity contribution >= 4 is 11.9 Å². The second-order valence-electron chi connectivity index (χ2n) is 18.3. The highest BCUT2D eigenvalue weighted by atomic mass is 16.7. The molecule has 0 spiro atoms. The standard InChI is InChI=1S/C55H92O15/c1-3-5-7-9-11-13-15-17-19-21-23-25-27-29-31-33-35-37-46(57)65-40-43(68-47(58)38-36-34-32-30-28-26-24-22-20-18-16-14-12-10-8-6-4-2)41-66-54-53(64)51(62)49(60)45(70-54)42-67-55-52(63)50(61)48(59)44(39-56)69-55/h8,10,14,16,20,22-23,25-26,28-29,31,43-45,48-56,59-64H,3-7,9,11-13,15,17-19,21,24,27,30,32-42H2,1-2H3/b10-8+,16-14+,22-20+,25-23+,28-26+,31-29+/t43-,44+,45+,48-,49-,50?,51?,52?,53?,54+,55+/m0/s1. The Kier molecular flexibility index (Phi) is 37.3. The van der Waals surface area contributed by atoms with Gasteiger partial charge in [0.05, 0.1) is 19.8 Å². The van der Waals surface area contributed by atoms with Gasteiger partial charge < -0.3 is 64.2 Å². The van der Waals surface area contributed by atoms with E-state index in [1.807, 2.05) is 6.08 Å². The molecule has 15 nitrogen and oxygen atoms in total. The van der Waals surface area contributed by atoms with Crippen LogP contribution in [-0.4, -0.2) is 142 Å². The van der Waals surface area contributed by atoms with Crippen LogP contribution in [0.3, 0.4) is 0 Å². The molecule has 402 valence electrons. The molecular formula is C55H92O15. The zero-order chi connectivity index (χ0) is 51.0. The molecule has 0 radical (unpaired) electrons. The van der Waals surface area contributed by atoms with Gasteiger partial charge in [-0.1, -0.05) is 151 Å². The number of hydrogen-bond acceptors (Lipinski definition) is 15. The fourth-order valence-corrected chi connectivity index (χ4v) is 7.78. The second-order valence-corrected chi connectivity index (χ2v) is 18.3. The molecule has 70 heavy (non-hydrogen) atoms. The summed E-state index contributed by atoms with van der Waals surface area (Å²) >= 11 is 0. The lowest BCUT2D eigenvalue weighted by Crippen LogP contribution is -2.61. The zero-order valence-electron chi connectivity index (χ0n) is 42.5. The minimum Gasteiger partial charge on any atom is -0.462 e. The van der Waals surface area contributed by atoms with Crippen molar-refractivity contribution in [2.45, 2.75) is 235 Å². The molecular weight excluding hydrogens is 901 g/mol. The Morgan fingerprint density at radius 1 is 0.457 bits per heavy atom. The molecule has 0 amide bonds. The molecule has 0 aromatic heterocycles. The average molecular weight is 993 g/mol. The van der Waals surface area contributed by atoms with Crippen molar-refractivity contribution in [1.82, 2.24) is 0 Å². The molecule has 2 heterocycles. The maximum absolute atomic E-state index is 13.0. The molecule has 7 N–H and O–H groups in total. The number of esters is 2. The average Bonchev–Trinajstić information content (AvgIpc) is 3.35. The summed E-state index contributed by atoms with van der Waals surface area (Å²) in [5.41, 5.74) is 0. The minimum absolute atomic E-state index is 0.115. The number of aliphatic hydroxyl groups is 7. The molecule has 0 aliphatic carbocycles. The molecule has 2 fully saturated rings. The molecule has 2 saturated heterocycles. The second kappa shape index (κ2) is 41.4. The Labute approximate surface area is 419 Å². The lowest BCUT2D eigenvalue weighted by atomic mass is 9.98. The number of carbonyl (C=O) groups excluding carboxylic acids is 2. The number of allylic oxidation sites excluding steroid dienone is 12. The van der Waals surface area contributed by atoms with Gasteiger partial charge in [-0.3, -0.25) is 9.59 Å². The van der Waals surface area contributed by atoms with Gasteiger partial charge in [-0.2, -0.15) is 0 Å². The van der Waals surface area contributed by atoms with Crippen LogP contribution in [0.5, 0.6) is 0 Å². The quantitative estimate of drug-likeness (QED) is 0.0176. The van der Waals surface area contributed by atoms with Gasteiger partial charge in [0.25, 0.3) is 0 Å². The molecule has 2 rings (SSSR count). The van der Waals surface area contributed by atoms with Gasteiger partial charge in [0, 0.05) is 12.8 Å². The number of rotatable bonds is 40. The van der Waals surface area contributed by atoms with Crippen molar-refractivity contribution in [2.75, 3.05) is 26.4 Å². The Hall–Kier alpha value is -3.06. The lowest BCUT2D eigenvalue weighted by Gasteiger charge is -2.42. The number of hydrogen-bond donors (Lipinski definition) is 7. The fraction of sp³-hybridized carbons (Fsp3) is 0.745. The first-order valence-electron chi connectivity index (χ1n) is 26.5. The molecule has 0 saturated carbocycles. The smallest absolute Gasteiger partial charge is 0.306 e. The summed E-state index contributed by atoms with van der Waals surface area (Å²) in [4.78, 5) is 25.8. The van der Waals surface area contributed by atoms with Gasteiger partial charge in [-0.25, -0.2) is 0 Å². The Morgan fingerprint density at radius 2 is 0.900 bits per heavy atom. The fourth-order valence-electron chi connectivity index (χ4n) is 7.78. The highest BCUT2D eigenvalue weighted by Gasteiger charge is 2.47. The predicted molar refractivity (Wildman–Crippen MR) is 270 cm³/mol. The summed E-state index contributed by atoms with van der Waals surface area (Å²) in [6, 6.07) is 0. The van der Waals surface area contributed by atoms with E-state index in [4.69, 9.17) is 28.4 Å². The van der Waals surface area contributed by atoms with Crippen LogP contribution in [0.1, 0.15) is 168 Å². The SMILES string of the molecule is CCC/C=C/C/C=C/C/C=C/C/C=C/CCCCCC(=O)O[C@@H](COC(=O)CCC/C=C/C/C=C/CCCCCCCCCCC)CO[C@@H]1O[C@H](CO[C@@H]2O[C@H](CO)[C@H](O)C(O)C2O)[C@H](O)C(O)C1O. The number of ether oxygens (including phenoxy) is 6. The highest BCUT2D eigenvalue weighted by molar-refractivity contribution is 5.70. The molecule has 11 atom stereocenters. The van der Waals surface area contributed by atoms with Crippen LogP contribution in [0, 0.1) is 0 Å².